The fourth-order valence-electron chi connectivity index (χ4n) is 1.93. The monoisotopic (exact) mass is 295 g/mol. The molecule has 0 bridgehead atoms. The molecule has 0 saturated carbocycles. The van der Waals surface area contributed by atoms with Crippen LogP contribution in [0, 0.1) is 12.7 Å². The van der Waals surface area contributed by atoms with E-state index in [4.69, 9.17) is 5.11 Å². The summed E-state index contributed by atoms with van der Waals surface area (Å²) in [6.45, 7) is 2.09. The van der Waals surface area contributed by atoms with Crippen LogP contribution in [0.4, 0.5) is 4.39 Å². The Bertz CT molecular complexity index is 666. The number of nitrogens with one attached hydrogen (secondary N) is 1. The van der Waals surface area contributed by atoms with Crippen LogP contribution in [0.5, 0.6) is 0 Å². The van der Waals surface area contributed by atoms with Gasteiger partial charge in [-0.2, -0.15) is 0 Å². The van der Waals surface area contributed by atoms with E-state index in [1.807, 2.05) is 0 Å². The van der Waals surface area contributed by atoms with Crippen molar-refractivity contribution >= 4 is 33.3 Å². The zero-order valence-corrected chi connectivity index (χ0v) is 11.7. The van der Waals surface area contributed by atoms with E-state index >= 15 is 0 Å². The third-order valence-electron chi connectivity index (χ3n) is 2.96. The van der Waals surface area contributed by atoms with Crippen molar-refractivity contribution in [1.29, 1.82) is 0 Å². The van der Waals surface area contributed by atoms with Crippen molar-refractivity contribution < 1.29 is 19.1 Å². The van der Waals surface area contributed by atoms with Crippen LogP contribution in [0.1, 0.15) is 28.1 Å². The van der Waals surface area contributed by atoms with Gasteiger partial charge in [-0.05, 0) is 42.5 Å². The first-order chi connectivity index (χ1) is 9.49. The fraction of sp³-hybridized carbons (Fsp3) is 0.286. The van der Waals surface area contributed by atoms with Gasteiger partial charge in [0.25, 0.3) is 5.91 Å². The summed E-state index contributed by atoms with van der Waals surface area (Å²) in [4.78, 5) is 22.9. The zero-order valence-electron chi connectivity index (χ0n) is 10.9. The maximum atomic E-state index is 13.2. The third kappa shape index (κ3) is 3.14. The van der Waals surface area contributed by atoms with Gasteiger partial charge in [-0.25, -0.2) is 4.39 Å². The molecule has 1 aromatic heterocycles. The smallest absolute Gasteiger partial charge is 0.303 e. The maximum absolute atomic E-state index is 13.2. The van der Waals surface area contributed by atoms with Gasteiger partial charge >= 0.3 is 5.97 Å². The van der Waals surface area contributed by atoms with Gasteiger partial charge in [0.1, 0.15) is 5.82 Å². The van der Waals surface area contributed by atoms with E-state index in [1.54, 1.807) is 13.0 Å². The van der Waals surface area contributed by atoms with Crippen molar-refractivity contribution in [3.05, 3.63) is 34.5 Å². The number of thiophene rings is 1. The second-order valence-corrected chi connectivity index (χ2v) is 5.50. The predicted octanol–water partition coefficient (Wildman–Crippen LogP) is 2.94. The summed E-state index contributed by atoms with van der Waals surface area (Å²) in [5.41, 5.74) is 0.750. The number of carbonyl (C=O) groups is 2. The minimum Gasteiger partial charge on any atom is -0.481 e. The number of carboxylic acid groups (broad SMARTS) is 1. The Kier molecular flexibility index (Phi) is 4.34. The molecule has 1 heterocycles. The minimum atomic E-state index is -0.882. The molecular weight excluding hydrogens is 281 g/mol. The van der Waals surface area contributed by atoms with Crippen LogP contribution in [0.15, 0.2) is 18.2 Å². The number of hydrogen-bond donors (Lipinski definition) is 2. The first kappa shape index (κ1) is 14.5. The van der Waals surface area contributed by atoms with Gasteiger partial charge in [-0.15, -0.1) is 11.3 Å². The van der Waals surface area contributed by atoms with Crippen molar-refractivity contribution in [2.75, 3.05) is 6.54 Å². The SMILES string of the molecule is Cc1c(C(=O)NCCCC(=O)O)sc2ccc(F)cc12. The molecule has 2 rings (SSSR count). The van der Waals surface area contributed by atoms with Crippen molar-refractivity contribution in [2.45, 2.75) is 19.8 Å². The second kappa shape index (κ2) is 6.00. The van der Waals surface area contributed by atoms with E-state index in [2.05, 4.69) is 5.32 Å². The lowest BCUT2D eigenvalue weighted by molar-refractivity contribution is -0.137. The number of carboxylic acids is 1. The number of amides is 1. The van der Waals surface area contributed by atoms with Gasteiger partial charge in [0, 0.05) is 17.7 Å². The highest BCUT2D eigenvalue weighted by Gasteiger charge is 2.15. The maximum Gasteiger partial charge on any atom is 0.303 e. The number of aliphatic carboxylic acids is 1. The Morgan fingerprint density at radius 3 is 2.85 bits per heavy atom. The lowest BCUT2D eigenvalue weighted by atomic mass is 10.1. The Morgan fingerprint density at radius 2 is 2.15 bits per heavy atom. The fourth-order valence-corrected chi connectivity index (χ4v) is 3.04. The van der Waals surface area contributed by atoms with Crippen molar-refractivity contribution in [3.63, 3.8) is 0 Å². The first-order valence-electron chi connectivity index (χ1n) is 6.17. The highest BCUT2D eigenvalue weighted by atomic mass is 32.1. The largest absolute Gasteiger partial charge is 0.481 e. The van der Waals surface area contributed by atoms with Crippen molar-refractivity contribution in [2.24, 2.45) is 0 Å². The van der Waals surface area contributed by atoms with Crippen LogP contribution >= 0.6 is 11.3 Å². The predicted molar refractivity (Wildman–Crippen MR) is 75.7 cm³/mol. The molecule has 0 aliphatic rings. The molecule has 0 aliphatic carbocycles. The van der Waals surface area contributed by atoms with Gasteiger partial charge in [0.2, 0.25) is 0 Å². The quantitative estimate of drug-likeness (QED) is 0.833. The lowest BCUT2D eigenvalue weighted by Gasteiger charge is -2.03. The summed E-state index contributed by atoms with van der Waals surface area (Å²) in [6.07, 6.45) is 0.413. The summed E-state index contributed by atoms with van der Waals surface area (Å²) in [6, 6.07) is 4.44. The molecule has 0 unspecified atom stereocenters. The molecule has 0 aliphatic heterocycles. The van der Waals surface area contributed by atoms with Crippen LogP contribution in [-0.2, 0) is 4.79 Å². The number of hydrogen-bond acceptors (Lipinski definition) is 3. The number of fused-ring (bicyclic) bond motifs is 1. The molecular formula is C14H14FNO3S. The van der Waals surface area contributed by atoms with Crippen LogP contribution in [0.3, 0.4) is 0 Å². The summed E-state index contributed by atoms with van der Waals surface area (Å²) < 4.78 is 14.1. The van der Waals surface area contributed by atoms with Crippen LogP contribution in [-0.4, -0.2) is 23.5 Å². The van der Waals surface area contributed by atoms with E-state index in [-0.39, 0.29) is 18.1 Å². The molecule has 4 nitrogen and oxygen atoms in total. The molecule has 106 valence electrons. The zero-order chi connectivity index (χ0) is 14.7. The number of benzene rings is 1. The Hall–Kier alpha value is -1.95. The Labute approximate surface area is 119 Å². The number of carbonyl (C=O) groups excluding carboxylic acids is 1. The molecule has 1 aromatic carbocycles. The molecule has 0 fully saturated rings. The number of halogens is 1. The molecule has 6 heteroatoms. The van der Waals surface area contributed by atoms with Crippen LogP contribution < -0.4 is 5.32 Å². The molecule has 0 spiro atoms. The van der Waals surface area contributed by atoms with Crippen molar-refractivity contribution in [3.8, 4) is 0 Å². The highest BCUT2D eigenvalue weighted by molar-refractivity contribution is 7.21. The number of aryl methyl sites for hydroxylation is 1. The normalized spacial score (nSPS) is 10.7. The molecule has 2 N–H and O–H groups in total. The molecule has 0 saturated heterocycles. The minimum absolute atomic E-state index is 0.0247. The van der Waals surface area contributed by atoms with Gasteiger partial charge in [-0.3, -0.25) is 9.59 Å². The molecule has 1 amide bonds. The molecule has 0 atom stereocenters. The Balaban J connectivity index is 2.10. The van der Waals surface area contributed by atoms with E-state index in [0.29, 0.717) is 17.8 Å². The van der Waals surface area contributed by atoms with E-state index in [9.17, 15) is 14.0 Å². The average Bonchev–Trinajstić information content (AvgIpc) is 2.72. The lowest BCUT2D eigenvalue weighted by Crippen LogP contribution is -2.24. The van der Waals surface area contributed by atoms with Gasteiger partial charge < -0.3 is 10.4 Å². The summed E-state index contributed by atoms with van der Waals surface area (Å²) >= 11 is 1.31. The van der Waals surface area contributed by atoms with Gasteiger partial charge in [0.15, 0.2) is 0 Å². The van der Waals surface area contributed by atoms with E-state index < -0.39 is 5.97 Å². The molecule has 20 heavy (non-hydrogen) atoms. The average molecular weight is 295 g/mol. The highest BCUT2D eigenvalue weighted by Crippen LogP contribution is 2.31. The van der Waals surface area contributed by atoms with Gasteiger partial charge in [-0.1, -0.05) is 0 Å². The standard InChI is InChI=1S/C14H14FNO3S/c1-8-10-7-9(15)4-5-11(10)20-13(8)14(19)16-6-2-3-12(17)18/h4-5,7H,2-3,6H2,1H3,(H,16,19)(H,17,18). The van der Waals surface area contributed by atoms with Gasteiger partial charge in [0.05, 0.1) is 4.88 Å². The van der Waals surface area contributed by atoms with E-state index in [0.717, 1.165) is 15.6 Å². The van der Waals surface area contributed by atoms with Crippen LogP contribution in [0.25, 0.3) is 10.1 Å². The summed E-state index contributed by atoms with van der Waals surface area (Å²) in [5.74, 6) is -1.45. The summed E-state index contributed by atoms with van der Waals surface area (Å²) in [7, 11) is 0. The van der Waals surface area contributed by atoms with Crippen LogP contribution in [0.2, 0.25) is 0 Å². The number of rotatable bonds is 5. The second-order valence-electron chi connectivity index (χ2n) is 4.45. The van der Waals surface area contributed by atoms with E-state index in [1.165, 1.54) is 23.5 Å². The first-order valence-corrected chi connectivity index (χ1v) is 6.99. The Morgan fingerprint density at radius 1 is 1.40 bits per heavy atom. The van der Waals surface area contributed by atoms with Crippen molar-refractivity contribution in [1.82, 2.24) is 5.32 Å². The molecule has 0 radical (unpaired) electrons. The summed E-state index contributed by atoms with van der Waals surface area (Å²) in [5, 5.41) is 11.9. The molecule has 2 aromatic rings. The third-order valence-corrected chi connectivity index (χ3v) is 4.23. The topological polar surface area (TPSA) is 66.4 Å².